The minimum absolute atomic E-state index is 0.0225. The number of ether oxygens (including phenoxy) is 2. The number of fused-ring (bicyclic) bond motifs is 1. The highest BCUT2D eigenvalue weighted by atomic mass is 16.5. The Hall–Kier alpha value is -2.60. The standard InChI is InChI=1S/C20H24N2O4/c1-13(2)26-14(3)20(24)22-7-8-25-19-17(12-22)9-16(10-18(19)23)15-5-4-6-21-11-15/h4-6,9-11,13-14,23H,7-8,12H2,1-3H3/t14-/m0/s1. The van der Waals surface area contributed by atoms with Crippen molar-refractivity contribution in [2.75, 3.05) is 13.2 Å². The number of phenols is 1. The van der Waals surface area contributed by atoms with Gasteiger partial charge in [-0.3, -0.25) is 9.78 Å². The van der Waals surface area contributed by atoms with Gasteiger partial charge < -0.3 is 19.5 Å². The van der Waals surface area contributed by atoms with Crippen LogP contribution in [0.3, 0.4) is 0 Å². The summed E-state index contributed by atoms with van der Waals surface area (Å²) in [5.74, 6) is 0.425. The molecule has 2 heterocycles. The zero-order chi connectivity index (χ0) is 18.7. The molecule has 1 amide bonds. The van der Waals surface area contributed by atoms with E-state index in [0.717, 1.165) is 16.7 Å². The number of amides is 1. The fraction of sp³-hybridized carbons (Fsp3) is 0.400. The summed E-state index contributed by atoms with van der Waals surface area (Å²) in [6, 6.07) is 7.37. The number of nitrogens with zero attached hydrogens (tertiary/aromatic N) is 2. The molecule has 0 unspecified atom stereocenters. The maximum Gasteiger partial charge on any atom is 0.251 e. The van der Waals surface area contributed by atoms with Crippen LogP contribution in [-0.2, 0) is 16.1 Å². The van der Waals surface area contributed by atoms with Crippen LogP contribution in [0.2, 0.25) is 0 Å². The zero-order valence-corrected chi connectivity index (χ0v) is 15.3. The summed E-state index contributed by atoms with van der Waals surface area (Å²) in [5, 5.41) is 10.4. The maximum atomic E-state index is 12.7. The summed E-state index contributed by atoms with van der Waals surface area (Å²) in [6.45, 7) is 6.71. The van der Waals surface area contributed by atoms with Gasteiger partial charge in [0.15, 0.2) is 11.5 Å². The van der Waals surface area contributed by atoms with Crippen molar-refractivity contribution in [2.24, 2.45) is 0 Å². The number of rotatable bonds is 4. The van der Waals surface area contributed by atoms with E-state index < -0.39 is 6.10 Å². The number of phenolic OH excluding ortho intramolecular Hbond substituents is 1. The highest BCUT2D eigenvalue weighted by Gasteiger charge is 2.26. The highest BCUT2D eigenvalue weighted by molar-refractivity contribution is 5.81. The predicted molar refractivity (Wildman–Crippen MR) is 97.9 cm³/mol. The van der Waals surface area contributed by atoms with Crippen LogP contribution in [0, 0.1) is 0 Å². The summed E-state index contributed by atoms with van der Waals surface area (Å²) < 4.78 is 11.3. The molecule has 2 aromatic rings. The lowest BCUT2D eigenvalue weighted by atomic mass is 10.0. The zero-order valence-electron chi connectivity index (χ0n) is 15.3. The number of carbonyl (C=O) groups excluding carboxylic acids is 1. The Morgan fingerprint density at radius 2 is 2.12 bits per heavy atom. The molecule has 1 N–H and O–H groups in total. The second-order valence-corrected chi connectivity index (χ2v) is 6.66. The van der Waals surface area contributed by atoms with Crippen LogP contribution in [0.4, 0.5) is 0 Å². The van der Waals surface area contributed by atoms with Crippen molar-refractivity contribution in [3.63, 3.8) is 0 Å². The molecule has 0 radical (unpaired) electrons. The van der Waals surface area contributed by atoms with Crippen LogP contribution in [0.25, 0.3) is 11.1 Å². The molecule has 0 saturated carbocycles. The lowest BCUT2D eigenvalue weighted by Gasteiger charge is -2.25. The first kappa shape index (κ1) is 18.2. The Morgan fingerprint density at radius 3 is 2.81 bits per heavy atom. The molecule has 0 fully saturated rings. The number of benzene rings is 1. The van der Waals surface area contributed by atoms with E-state index >= 15 is 0 Å². The monoisotopic (exact) mass is 356 g/mol. The molecule has 3 rings (SSSR count). The second-order valence-electron chi connectivity index (χ2n) is 6.66. The van der Waals surface area contributed by atoms with Crippen molar-refractivity contribution >= 4 is 5.91 Å². The van der Waals surface area contributed by atoms with Crippen LogP contribution in [-0.4, -0.2) is 46.3 Å². The Bertz CT molecular complexity index is 777. The lowest BCUT2D eigenvalue weighted by Crippen LogP contribution is -2.40. The molecule has 6 heteroatoms. The van der Waals surface area contributed by atoms with E-state index in [4.69, 9.17) is 9.47 Å². The molecule has 0 saturated heterocycles. The van der Waals surface area contributed by atoms with Crippen LogP contribution in [0.1, 0.15) is 26.3 Å². The summed E-state index contributed by atoms with van der Waals surface area (Å²) >= 11 is 0. The number of aromatic hydroxyl groups is 1. The molecule has 26 heavy (non-hydrogen) atoms. The van der Waals surface area contributed by atoms with E-state index in [9.17, 15) is 9.90 Å². The normalized spacial score (nSPS) is 15.2. The first-order chi connectivity index (χ1) is 12.5. The third-order valence-electron chi connectivity index (χ3n) is 4.25. The number of pyridine rings is 1. The average molecular weight is 356 g/mol. The third kappa shape index (κ3) is 3.96. The molecule has 0 aliphatic carbocycles. The van der Waals surface area contributed by atoms with E-state index in [1.54, 1.807) is 30.3 Å². The molecule has 0 spiro atoms. The summed E-state index contributed by atoms with van der Waals surface area (Å²) in [5.41, 5.74) is 2.49. The van der Waals surface area contributed by atoms with Crippen LogP contribution in [0.5, 0.6) is 11.5 Å². The van der Waals surface area contributed by atoms with E-state index in [0.29, 0.717) is 25.4 Å². The van der Waals surface area contributed by atoms with Gasteiger partial charge in [0.25, 0.3) is 5.91 Å². The minimum Gasteiger partial charge on any atom is -0.504 e. The first-order valence-electron chi connectivity index (χ1n) is 8.79. The van der Waals surface area contributed by atoms with E-state index in [1.165, 1.54) is 0 Å². The van der Waals surface area contributed by atoms with Gasteiger partial charge in [0.05, 0.1) is 12.6 Å². The Morgan fingerprint density at radius 1 is 1.31 bits per heavy atom. The summed E-state index contributed by atoms with van der Waals surface area (Å²) in [6.07, 6.45) is 2.89. The van der Waals surface area contributed by atoms with Crippen LogP contribution in [0.15, 0.2) is 36.7 Å². The molecule has 6 nitrogen and oxygen atoms in total. The molecular weight excluding hydrogens is 332 g/mol. The topological polar surface area (TPSA) is 71.9 Å². The van der Waals surface area contributed by atoms with Gasteiger partial charge in [-0.25, -0.2) is 0 Å². The highest BCUT2D eigenvalue weighted by Crippen LogP contribution is 2.37. The van der Waals surface area contributed by atoms with Gasteiger partial charge in [-0.2, -0.15) is 0 Å². The lowest BCUT2D eigenvalue weighted by molar-refractivity contribution is -0.145. The Labute approximate surface area is 153 Å². The van der Waals surface area contributed by atoms with E-state index in [-0.39, 0.29) is 17.8 Å². The summed E-state index contributed by atoms with van der Waals surface area (Å²) in [4.78, 5) is 18.5. The number of hydrogen-bond acceptors (Lipinski definition) is 5. The summed E-state index contributed by atoms with van der Waals surface area (Å²) in [7, 11) is 0. The van der Waals surface area contributed by atoms with Crippen LogP contribution >= 0.6 is 0 Å². The van der Waals surface area contributed by atoms with Crippen molar-refractivity contribution in [3.8, 4) is 22.6 Å². The Balaban J connectivity index is 1.89. The number of carbonyl (C=O) groups is 1. The Kier molecular flexibility index (Phi) is 5.42. The second kappa shape index (κ2) is 7.74. The largest absolute Gasteiger partial charge is 0.504 e. The van der Waals surface area contributed by atoms with Crippen molar-refractivity contribution < 1.29 is 19.4 Å². The fourth-order valence-corrected chi connectivity index (χ4v) is 3.11. The first-order valence-corrected chi connectivity index (χ1v) is 8.79. The van der Waals surface area contributed by atoms with Gasteiger partial charge in [-0.15, -0.1) is 0 Å². The molecule has 1 aliphatic rings. The molecular formula is C20H24N2O4. The maximum absolute atomic E-state index is 12.7. The van der Waals surface area contributed by atoms with Gasteiger partial charge in [-0.05, 0) is 44.5 Å². The smallest absolute Gasteiger partial charge is 0.251 e. The minimum atomic E-state index is -0.522. The molecule has 0 bridgehead atoms. The van der Waals surface area contributed by atoms with Crippen molar-refractivity contribution in [1.29, 1.82) is 0 Å². The molecule has 1 atom stereocenters. The number of hydrogen-bond donors (Lipinski definition) is 1. The van der Waals surface area contributed by atoms with Gasteiger partial charge >= 0.3 is 0 Å². The molecule has 138 valence electrons. The molecule has 1 aromatic carbocycles. The van der Waals surface area contributed by atoms with Gasteiger partial charge in [0, 0.05) is 30.1 Å². The van der Waals surface area contributed by atoms with Gasteiger partial charge in [0.2, 0.25) is 0 Å². The molecule has 1 aromatic heterocycles. The fourth-order valence-electron chi connectivity index (χ4n) is 3.11. The predicted octanol–water partition coefficient (Wildman–Crippen LogP) is 2.99. The van der Waals surface area contributed by atoms with Crippen molar-refractivity contribution in [2.45, 2.75) is 39.5 Å². The average Bonchev–Trinajstić information content (AvgIpc) is 2.84. The van der Waals surface area contributed by atoms with E-state index in [2.05, 4.69) is 4.98 Å². The SMILES string of the molecule is CC(C)O[C@@H](C)C(=O)N1CCOc2c(O)cc(-c3cccnc3)cc2C1. The quantitative estimate of drug-likeness (QED) is 0.912. The van der Waals surface area contributed by atoms with E-state index in [1.807, 2.05) is 32.0 Å². The van der Waals surface area contributed by atoms with Crippen molar-refractivity contribution in [1.82, 2.24) is 9.88 Å². The molecule has 1 aliphatic heterocycles. The van der Waals surface area contributed by atoms with Gasteiger partial charge in [-0.1, -0.05) is 6.07 Å². The van der Waals surface area contributed by atoms with Gasteiger partial charge in [0.1, 0.15) is 12.7 Å². The third-order valence-corrected chi connectivity index (χ3v) is 4.25. The van der Waals surface area contributed by atoms with Crippen LogP contribution < -0.4 is 4.74 Å². The number of aromatic nitrogens is 1. The van der Waals surface area contributed by atoms with Crippen molar-refractivity contribution in [3.05, 3.63) is 42.2 Å².